The van der Waals surface area contributed by atoms with Gasteiger partial charge in [-0.3, -0.25) is 4.79 Å². The van der Waals surface area contributed by atoms with Crippen LogP contribution in [0.4, 0.5) is 5.69 Å². The van der Waals surface area contributed by atoms with Crippen molar-refractivity contribution in [1.29, 1.82) is 0 Å². The lowest BCUT2D eigenvalue weighted by Crippen LogP contribution is -2.21. The number of ether oxygens (including phenoxy) is 3. The molecular weight excluding hydrogens is 382 g/mol. The Morgan fingerprint density at radius 1 is 1.11 bits per heavy atom. The van der Waals surface area contributed by atoms with Crippen LogP contribution in [-0.2, 0) is 9.53 Å². The number of nitrogens with one attached hydrogen (secondary N) is 1. The Morgan fingerprint density at radius 2 is 1.79 bits per heavy atom. The van der Waals surface area contributed by atoms with Crippen molar-refractivity contribution >= 4 is 29.2 Å². The lowest BCUT2D eigenvalue weighted by atomic mass is 9.99. The van der Waals surface area contributed by atoms with Crippen LogP contribution in [0.3, 0.4) is 0 Å². The maximum absolute atomic E-state index is 12.2. The molecule has 2 aromatic carbocycles. The van der Waals surface area contributed by atoms with Crippen molar-refractivity contribution in [2.24, 2.45) is 0 Å². The van der Waals surface area contributed by atoms with E-state index in [1.165, 1.54) is 31.9 Å². The van der Waals surface area contributed by atoms with Gasteiger partial charge in [-0.2, -0.15) is 0 Å². The first-order valence-electron chi connectivity index (χ1n) is 8.88. The van der Waals surface area contributed by atoms with Gasteiger partial charge in [0.05, 0.1) is 24.8 Å². The van der Waals surface area contributed by atoms with Crippen molar-refractivity contribution in [1.82, 2.24) is 0 Å². The van der Waals surface area contributed by atoms with Crippen LogP contribution in [0, 0.1) is 0 Å². The number of hydrogen-bond donors (Lipinski definition) is 1. The Balaban J connectivity index is 1.95. The van der Waals surface area contributed by atoms with Gasteiger partial charge in [-0.25, -0.2) is 4.79 Å². The molecule has 150 valence electrons. The number of carbonyl (C=O) groups excluding carboxylic acids is 2. The number of carbonyl (C=O) groups is 2. The third kappa shape index (κ3) is 5.39. The van der Waals surface area contributed by atoms with E-state index in [4.69, 9.17) is 25.8 Å². The number of halogens is 1. The highest BCUT2D eigenvalue weighted by Crippen LogP contribution is 2.36. The predicted molar refractivity (Wildman–Crippen MR) is 109 cm³/mol. The van der Waals surface area contributed by atoms with Crippen molar-refractivity contribution in [2.45, 2.75) is 26.2 Å². The van der Waals surface area contributed by atoms with Crippen molar-refractivity contribution in [3.05, 3.63) is 52.5 Å². The summed E-state index contributed by atoms with van der Waals surface area (Å²) in [5, 5.41) is 2.91. The predicted octanol–water partition coefficient (Wildman–Crippen LogP) is 4.67. The second kappa shape index (κ2) is 9.99. The molecule has 2 rings (SSSR count). The van der Waals surface area contributed by atoms with Gasteiger partial charge < -0.3 is 19.5 Å². The molecule has 1 N–H and O–H groups in total. The molecule has 7 heteroatoms. The summed E-state index contributed by atoms with van der Waals surface area (Å²) in [5.41, 5.74) is 2.01. The zero-order chi connectivity index (χ0) is 20.7. The quantitative estimate of drug-likeness (QED) is 0.646. The molecular formula is C21H24ClNO5. The summed E-state index contributed by atoms with van der Waals surface area (Å²) in [6.07, 6.45) is 1.04. The van der Waals surface area contributed by atoms with Gasteiger partial charge >= 0.3 is 5.97 Å². The molecule has 6 nitrogen and oxygen atoms in total. The molecule has 0 unspecified atom stereocenters. The Morgan fingerprint density at radius 3 is 2.36 bits per heavy atom. The third-order valence-electron chi connectivity index (χ3n) is 4.38. The monoisotopic (exact) mass is 405 g/mol. The highest BCUT2D eigenvalue weighted by molar-refractivity contribution is 6.32. The van der Waals surface area contributed by atoms with E-state index in [2.05, 4.69) is 19.2 Å². The third-order valence-corrected chi connectivity index (χ3v) is 4.66. The molecule has 0 aromatic heterocycles. The number of rotatable bonds is 8. The fourth-order valence-corrected chi connectivity index (χ4v) is 2.87. The van der Waals surface area contributed by atoms with Crippen molar-refractivity contribution in [3.63, 3.8) is 0 Å². The SMILES string of the molecule is CC[C@@H](C)c1ccc(NC(=O)COC(=O)c2cc(Cl)c(OC)c(OC)c2)cc1. The molecule has 0 fully saturated rings. The zero-order valence-corrected chi connectivity index (χ0v) is 17.1. The number of hydrogen-bond acceptors (Lipinski definition) is 5. The molecule has 0 spiro atoms. The molecule has 0 saturated carbocycles. The number of amides is 1. The summed E-state index contributed by atoms with van der Waals surface area (Å²) in [4.78, 5) is 24.3. The molecule has 0 bridgehead atoms. The van der Waals surface area contributed by atoms with Crippen LogP contribution < -0.4 is 14.8 Å². The second-order valence-corrected chi connectivity index (χ2v) is 6.66. The summed E-state index contributed by atoms with van der Waals surface area (Å²) in [7, 11) is 2.88. The summed E-state index contributed by atoms with van der Waals surface area (Å²) in [6, 6.07) is 10.4. The zero-order valence-electron chi connectivity index (χ0n) is 16.4. The minimum atomic E-state index is -0.690. The van der Waals surface area contributed by atoms with Crippen LogP contribution in [0.15, 0.2) is 36.4 Å². The molecule has 0 heterocycles. The maximum atomic E-state index is 12.2. The molecule has 1 atom stereocenters. The van der Waals surface area contributed by atoms with Crippen LogP contribution >= 0.6 is 11.6 Å². The van der Waals surface area contributed by atoms with E-state index in [1.54, 1.807) is 0 Å². The van der Waals surface area contributed by atoms with Gasteiger partial charge in [0.15, 0.2) is 18.1 Å². The Hall–Kier alpha value is -2.73. The molecule has 2 aromatic rings. The largest absolute Gasteiger partial charge is 0.493 e. The first-order valence-corrected chi connectivity index (χ1v) is 9.25. The highest BCUT2D eigenvalue weighted by Gasteiger charge is 2.17. The van der Waals surface area contributed by atoms with E-state index in [-0.39, 0.29) is 10.6 Å². The minimum absolute atomic E-state index is 0.161. The number of esters is 1. The average Bonchev–Trinajstić information content (AvgIpc) is 2.71. The normalized spacial score (nSPS) is 11.5. The van der Waals surface area contributed by atoms with E-state index in [9.17, 15) is 9.59 Å². The van der Waals surface area contributed by atoms with Crippen LogP contribution in [0.1, 0.15) is 42.1 Å². The van der Waals surface area contributed by atoms with E-state index in [0.29, 0.717) is 23.1 Å². The van der Waals surface area contributed by atoms with E-state index in [0.717, 1.165) is 6.42 Å². The smallest absolute Gasteiger partial charge is 0.338 e. The molecule has 0 aliphatic heterocycles. The summed E-state index contributed by atoms with van der Waals surface area (Å²) in [6.45, 7) is 3.85. The van der Waals surface area contributed by atoms with Gasteiger partial charge in [0.25, 0.3) is 5.91 Å². The van der Waals surface area contributed by atoms with E-state index in [1.807, 2.05) is 24.3 Å². The fraction of sp³-hybridized carbons (Fsp3) is 0.333. The van der Waals surface area contributed by atoms with Gasteiger partial charge in [0, 0.05) is 5.69 Å². The summed E-state index contributed by atoms with van der Waals surface area (Å²) < 4.78 is 15.3. The van der Waals surface area contributed by atoms with Crippen LogP contribution in [0.2, 0.25) is 5.02 Å². The van der Waals surface area contributed by atoms with E-state index < -0.39 is 18.5 Å². The van der Waals surface area contributed by atoms with Gasteiger partial charge in [0.2, 0.25) is 0 Å². The van der Waals surface area contributed by atoms with Crippen LogP contribution in [0.25, 0.3) is 0 Å². The molecule has 0 saturated heterocycles. The van der Waals surface area contributed by atoms with Gasteiger partial charge in [-0.05, 0) is 42.2 Å². The van der Waals surface area contributed by atoms with Gasteiger partial charge in [-0.1, -0.05) is 37.6 Å². The van der Waals surface area contributed by atoms with Crippen molar-refractivity contribution in [3.8, 4) is 11.5 Å². The van der Waals surface area contributed by atoms with E-state index >= 15 is 0 Å². The lowest BCUT2D eigenvalue weighted by Gasteiger charge is -2.12. The number of anilines is 1. The average molecular weight is 406 g/mol. The second-order valence-electron chi connectivity index (χ2n) is 6.25. The van der Waals surface area contributed by atoms with Crippen molar-refractivity contribution in [2.75, 3.05) is 26.1 Å². The van der Waals surface area contributed by atoms with Crippen LogP contribution in [0.5, 0.6) is 11.5 Å². The van der Waals surface area contributed by atoms with Gasteiger partial charge in [-0.15, -0.1) is 0 Å². The first-order chi connectivity index (χ1) is 13.4. The van der Waals surface area contributed by atoms with Gasteiger partial charge in [0.1, 0.15) is 0 Å². The number of methoxy groups -OCH3 is 2. The lowest BCUT2D eigenvalue weighted by molar-refractivity contribution is -0.119. The molecule has 0 aliphatic carbocycles. The molecule has 1 amide bonds. The molecule has 28 heavy (non-hydrogen) atoms. The Bertz CT molecular complexity index is 835. The Kier molecular flexibility index (Phi) is 7.70. The standard InChI is InChI=1S/C21H24ClNO5/c1-5-13(2)14-6-8-16(9-7-14)23-19(24)12-28-21(25)15-10-17(22)20(27-4)18(11-15)26-3/h6-11,13H,5,12H2,1-4H3,(H,23,24)/t13-/m1/s1. The number of benzene rings is 2. The fourth-order valence-electron chi connectivity index (χ4n) is 2.58. The summed E-state index contributed by atoms with van der Waals surface area (Å²) >= 11 is 6.08. The van der Waals surface area contributed by atoms with Crippen LogP contribution in [-0.4, -0.2) is 32.7 Å². The molecule has 0 aliphatic rings. The minimum Gasteiger partial charge on any atom is -0.493 e. The Labute approximate surface area is 169 Å². The van der Waals surface area contributed by atoms with Crippen molar-refractivity contribution < 1.29 is 23.8 Å². The topological polar surface area (TPSA) is 73.9 Å². The highest BCUT2D eigenvalue weighted by atomic mass is 35.5. The summed E-state index contributed by atoms with van der Waals surface area (Å²) in [5.74, 6) is -0.0487. The molecule has 0 radical (unpaired) electrons. The maximum Gasteiger partial charge on any atom is 0.338 e. The first kappa shape index (κ1) is 21.6.